The third-order valence-corrected chi connectivity index (χ3v) is 3.62. The molecule has 6 nitrogen and oxygen atoms in total. The smallest absolute Gasteiger partial charge is 0.273 e. The second-order valence-corrected chi connectivity index (χ2v) is 4.80. The maximum absolute atomic E-state index is 12.4. The highest BCUT2D eigenvalue weighted by atomic mass is 16.5. The Morgan fingerprint density at radius 2 is 1.80 bits per heavy atom. The number of hydrogen-bond acceptors (Lipinski definition) is 4. The highest BCUT2D eigenvalue weighted by Gasteiger charge is 2.40. The van der Waals surface area contributed by atoms with Crippen LogP contribution in [0.1, 0.15) is 35.2 Å². The summed E-state index contributed by atoms with van der Waals surface area (Å²) in [6, 6.07) is 5.16. The molecule has 2 heterocycles. The summed E-state index contributed by atoms with van der Waals surface area (Å²) in [5.74, 6) is -0.375. The maximum atomic E-state index is 12.4. The van der Waals surface area contributed by atoms with E-state index in [9.17, 15) is 14.4 Å². The average Bonchev–Trinajstić information content (AvgIpc) is 2.76. The molecule has 0 aromatic heterocycles. The van der Waals surface area contributed by atoms with E-state index >= 15 is 0 Å². The zero-order chi connectivity index (χ0) is 14.3. The Morgan fingerprint density at radius 3 is 2.45 bits per heavy atom. The number of imide groups is 1. The first-order valence-electron chi connectivity index (χ1n) is 6.47. The Hall–Kier alpha value is -2.37. The van der Waals surface area contributed by atoms with Gasteiger partial charge in [-0.1, -0.05) is 6.07 Å². The molecule has 0 bridgehead atoms. The molecule has 20 heavy (non-hydrogen) atoms. The first kappa shape index (κ1) is 12.7. The van der Waals surface area contributed by atoms with Gasteiger partial charge in [-0.05, 0) is 18.6 Å². The summed E-state index contributed by atoms with van der Waals surface area (Å²) < 4.78 is 5.23. The minimum absolute atomic E-state index is 0.190. The number of hydrazine groups is 1. The number of benzene rings is 1. The van der Waals surface area contributed by atoms with Gasteiger partial charge >= 0.3 is 0 Å². The van der Waals surface area contributed by atoms with Crippen LogP contribution in [0.3, 0.4) is 0 Å². The number of carbonyl (C=O) groups excluding carboxylic acids is 3. The van der Waals surface area contributed by atoms with Crippen LogP contribution in [-0.2, 0) is 16.1 Å². The molecule has 2 aliphatic rings. The van der Waals surface area contributed by atoms with Crippen molar-refractivity contribution in [2.75, 3.05) is 7.11 Å². The van der Waals surface area contributed by atoms with Crippen LogP contribution in [-0.4, -0.2) is 34.8 Å². The molecule has 1 aromatic rings. The van der Waals surface area contributed by atoms with Crippen LogP contribution in [0.15, 0.2) is 18.2 Å². The fourth-order valence-corrected chi connectivity index (χ4v) is 2.65. The number of ether oxygens (including phenoxy) is 1. The van der Waals surface area contributed by atoms with Gasteiger partial charge in [-0.2, -0.15) is 5.01 Å². The van der Waals surface area contributed by atoms with E-state index in [1.807, 2.05) is 0 Å². The fourth-order valence-electron chi connectivity index (χ4n) is 2.65. The lowest BCUT2D eigenvalue weighted by Gasteiger charge is -2.32. The van der Waals surface area contributed by atoms with Gasteiger partial charge in [-0.3, -0.25) is 14.4 Å². The van der Waals surface area contributed by atoms with Crippen LogP contribution >= 0.6 is 0 Å². The topological polar surface area (TPSA) is 66.9 Å². The molecule has 104 valence electrons. The first-order valence-corrected chi connectivity index (χ1v) is 6.47. The Bertz CT molecular complexity index is 595. The molecule has 6 heteroatoms. The summed E-state index contributed by atoms with van der Waals surface area (Å²) in [5.41, 5.74) is 1.20. The van der Waals surface area contributed by atoms with Gasteiger partial charge in [0.15, 0.2) is 0 Å². The van der Waals surface area contributed by atoms with Crippen molar-refractivity contribution in [1.29, 1.82) is 0 Å². The number of hydrogen-bond donors (Lipinski definition) is 0. The summed E-state index contributed by atoms with van der Waals surface area (Å²) in [7, 11) is 1.53. The van der Waals surface area contributed by atoms with Crippen molar-refractivity contribution in [2.45, 2.75) is 25.8 Å². The van der Waals surface area contributed by atoms with E-state index in [0.29, 0.717) is 36.1 Å². The molecule has 2 aliphatic heterocycles. The highest BCUT2D eigenvalue weighted by Crippen LogP contribution is 2.32. The third-order valence-electron chi connectivity index (χ3n) is 3.62. The van der Waals surface area contributed by atoms with Gasteiger partial charge in [0.25, 0.3) is 5.91 Å². The predicted octanol–water partition coefficient (Wildman–Crippen LogP) is 1.11. The van der Waals surface area contributed by atoms with Gasteiger partial charge in [-0.25, -0.2) is 5.01 Å². The molecule has 1 saturated heterocycles. The van der Waals surface area contributed by atoms with Crippen LogP contribution in [0.2, 0.25) is 0 Å². The average molecular weight is 274 g/mol. The summed E-state index contributed by atoms with van der Waals surface area (Å²) >= 11 is 0. The van der Waals surface area contributed by atoms with E-state index in [0.717, 1.165) is 5.01 Å². The Balaban J connectivity index is 1.97. The molecule has 0 unspecified atom stereocenters. The summed E-state index contributed by atoms with van der Waals surface area (Å²) in [6.45, 7) is 0.190. The number of fused-ring (bicyclic) bond motifs is 1. The molecular formula is C14H14N2O4. The van der Waals surface area contributed by atoms with Crippen LogP contribution in [0.5, 0.6) is 5.75 Å². The lowest BCUT2D eigenvalue weighted by atomic mass is 10.1. The molecule has 1 fully saturated rings. The van der Waals surface area contributed by atoms with Crippen molar-refractivity contribution in [3.05, 3.63) is 29.3 Å². The largest absolute Gasteiger partial charge is 0.496 e. The molecular weight excluding hydrogens is 260 g/mol. The number of piperidine rings is 1. The van der Waals surface area contributed by atoms with E-state index < -0.39 is 0 Å². The highest BCUT2D eigenvalue weighted by molar-refractivity contribution is 6.04. The Labute approximate surface area is 115 Å². The minimum Gasteiger partial charge on any atom is -0.496 e. The molecule has 0 aliphatic carbocycles. The Kier molecular flexibility index (Phi) is 2.93. The Morgan fingerprint density at radius 1 is 1.10 bits per heavy atom. The minimum atomic E-state index is -0.331. The van der Waals surface area contributed by atoms with Crippen LogP contribution in [0, 0.1) is 0 Å². The van der Waals surface area contributed by atoms with Gasteiger partial charge in [0.05, 0.1) is 19.2 Å². The quantitative estimate of drug-likeness (QED) is 0.758. The van der Waals surface area contributed by atoms with E-state index in [4.69, 9.17) is 4.74 Å². The molecule has 0 radical (unpaired) electrons. The van der Waals surface area contributed by atoms with Crippen LogP contribution < -0.4 is 4.74 Å². The molecule has 0 atom stereocenters. The number of nitrogens with zero attached hydrogens (tertiary/aromatic N) is 2. The van der Waals surface area contributed by atoms with Gasteiger partial charge < -0.3 is 4.74 Å². The van der Waals surface area contributed by atoms with E-state index in [-0.39, 0.29) is 24.3 Å². The zero-order valence-corrected chi connectivity index (χ0v) is 11.1. The number of methoxy groups -OCH3 is 1. The van der Waals surface area contributed by atoms with Crippen molar-refractivity contribution in [3.63, 3.8) is 0 Å². The molecule has 3 amide bonds. The third kappa shape index (κ3) is 1.76. The van der Waals surface area contributed by atoms with Gasteiger partial charge in [0.2, 0.25) is 11.8 Å². The molecule has 3 rings (SSSR count). The standard InChI is InChI=1S/C14H14N2O4/c1-20-11-5-2-4-9-10(11)8-15(14(9)19)16-12(17)6-3-7-13(16)18/h2,4-5H,3,6-8H2,1H3. The van der Waals surface area contributed by atoms with Gasteiger partial charge in [-0.15, -0.1) is 0 Å². The lowest BCUT2D eigenvalue weighted by molar-refractivity contribution is -0.163. The van der Waals surface area contributed by atoms with Crippen LogP contribution in [0.25, 0.3) is 0 Å². The normalized spacial score (nSPS) is 18.6. The fraction of sp³-hybridized carbons (Fsp3) is 0.357. The zero-order valence-electron chi connectivity index (χ0n) is 11.1. The number of rotatable bonds is 2. The number of carbonyl (C=O) groups is 3. The second-order valence-electron chi connectivity index (χ2n) is 4.80. The monoisotopic (exact) mass is 274 g/mol. The van der Waals surface area contributed by atoms with E-state index in [1.54, 1.807) is 18.2 Å². The summed E-state index contributed by atoms with van der Waals surface area (Å²) in [6.07, 6.45) is 1.14. The van der Waals surface area contributed by atoms with Crippen molar-refractivity contribution >= 4 is 17.7 Å². The van der Waals surface area contributed by atoms with Crippen LogP contribution in [0.4, 0.5) is 0 Å². The summed E-state index contributed by atoms with van der Waals surface area (Å²) in [5, 5.41) is 2.21. The molecule has 1 aromatic carbocycles. The SMILES string of the molecule is COc1cccc2c1CN(N1C(=O)CCCC1=O)C2=O. The molecule has 0 saturated carbocycles. The van der Waals surface area contributed by atoms with Crippen molar-refractivity contribution in [2.24, 2.45) is 0 Å². The molecule has 0 spiro atoms. The van der Waals surface area contributed by atoms with E-state index in [1.165, 1.54) is 12.1 Å². The van der Waals surface area contributed by atoms with Gasteiger partial charge in [0.1, 0.15) is 5.75 Å². The molecule has 0 N–H and O–H groups in total. The van der Waals surface area contributed by atoms with Crippen molar-refractivity contribution in [3.8, 4) is 5.75 Å². The van der Waals surface area contributed by atoms with Crippen molar-refractivity contribution in [1.82, 2.24) is 10.0 Å². The first-order chi connectivity index (χ1) is 9.63. The van der Waals surface area contributed by atoms with E-state index in [2.05, 4.69) is 0 Å². The maximum Gasteiger partial charge on any atom is 0.273 e. The number of amides is 3. The van der Waals surface area contributed by atoms with Crippen molar-refractivity contribution < 1.29 is 19.1 Å². The van der Waals surface area contributed by atoms with Gasteiger partial charge in [0, 0.05) is 18.4 Å². The predicted molar refractivity (Wildman–Crippen MR) is 68.6 cm³/mol. The second kappa shape index (κ2) is 4.63. The summed E-state index contributed by atoms with van der Waals surface area (Å²) in [4.78, 5) is 36.2. The lowest BCUT2D eigenvalue weighted by Crippen LogP contribution is -2.52.